The molecule has 0 radical (unpaired) electrons. The molecule has 0 bridgehead atoms. The molecule has 0 heteroatoms. The van der Waals surface area contributed by atoms with Gasteiger partial charge in [0.05, 0.1) is 0 Å². The molecule has 4 rings (SSSR count). The molecule has 1 aliphatic rings. The van der Waals surface area contributed by atoms with Crippen molar-refractivity contribution in [3.05, 3.63) is 94.5 Å². The van der Waals surface area contributed by atoms with Gasteiger partial charge in [-0.3, -0.25) is 0 Å². The van der Waals surface area contributed by atoms with Gasteiger partial charge in [-0.1, -0.05) is 93.1 Å². The normalized spacial score (nSPS) is 15.9. The summed E-state index contributed by atoms with van der Waals surface area (Å²) in [7, 11) is 0. The summed E-state index contributed by atoms with van der Waals surface area (Å²) in [4.78, 5) is 0. The molecule has 0 N–H and O–H groups in total. The highest BCUT2D eigenvalue weighted by Crippen LogP contribution is 2.49. The quantitative estimate of drug-likeness (QED) is 0.379. The van der Waals surface area contributed by atoms with Crippen molar-refractivity contribution < 1.29 is 0 Å². The molecular weight excluding hydrogens is 288 g/mol. The molecular formula is C24H24. The second-order valence-electron chi connectivity index (χ2n) is 7.99. The van der Waals surface area contributed by atoms with Crippen LogP contribution in [0.15, 0.2) is 66.7 Å². The number of hydrogen-bond donors (Lipinski definition) is 0. The van der Waals surface area contributed by atoms with E-state index in [0.29, 0.717) is 5.92 Å². The minimum atomic E-state index is 0.168. The first-order valence-electron chi connectivity index (χ1n) is 8.75. The van der Waals surface area contributed by atoms with Gasteiger partial charge in [0.25, 0.3) is 0 Å². The van der Waals surface area contributed by atoms with E-state index in [1.807, 2.05) is 0 Å². The second kappa shape index (κ2) is 5.34. The summed E-state index contributed by atoms with van der Waals surface area (Å²) in [5, 5.41) is 0. The number of rotatable bonds is 1. The van der Waals surface area contributed by atoms with Gasteiger partial charge in [-0.25, -0.2) is 0 Å². The Balaban J connectivity index is 1.99. The van der Waals surface area contributed by atoms with Crippen LogP contribution < -0.4 is 0 Å². The molecule has 0 aliphatic heterocycles. The van der Waals surface area contributed by atoms with Crippen molar-refractivity contribution in [3.63, 3.8) is 0 Å². The Morgan fingerprint density at radius 3 is 2.00 bits per heavy atom. The van der Waals surface area contributed by atoms with Crippen LogP contribution in [0.3, 0.4) is 0 Å². The van der Waals surface area contributed by atoms with E-state index < -0.39 is 0 Å². The van der Waals surface area contributed by atoms with E-state index in [9.17, 15) is 0 Å². The molecule has 0 saturated carbocycles. The molecule has 0 nitrogen and oxygen atoms in total. The predicted molar refractivity (Wildman–Crippen MR) is 103 cm³/mol. The summed E-state index contributed by atoms with van der Waals surface area (Å²) >= 11 is 0. The van der Waals surface area contributed by atoms with Crippen LogP contribution in [0.4, 0.5) is 0 Å². The Labute approximate surface area is 145 Å². The third-order valence-electron chi connectivity index (χ3n) is 5.17. The summed E-state index contributed by atoms with van der Waals surface area (Å²) in [6.07, 6.45) is 0. The fourth-order valence-corrected chi connectivity index (χ4v) is 3.85. The van der Waals surface area contributed by atoms with Gasteiger partial charge in [0.15, 0.2) is 0 Å². The van der Waals surface area contributed by atoms with Gasteiger partial charge < -0.3 is 0 Å². The van der Waals surface area contributed by atoms with Crippen molar-refractivity contribution >= 4 is 0 Å². The average molecular weight is 312 g/mol. The maximum atomic E-state index is 2.43. The molecule has 1 aliphatic carbocycles. The Kier molecular flexibility index (Phi) is 3.38. The summed E-state index contributed by atoms with van der Waals surface area (Å²) in [6, 6.07) is 24.9. The van der Waals surface area contributed by atoms with E-state index in [1.54, 1.807) is 0 Å². The molecule has 3 aromatic rings. The molecule has 120 valence electrons. The minimum absolute atomic E-state index is 0.168. The number of fused-ring (bicyclic) bond motifs is 3. The van der Waals surface area contributed by atoms with E-state index in [0.717, 1.165) is 0 Å². The molecule has 0 amide bonds. The Bertz CT molecular complexity index is 895. The topological polar surface area (TPSA) is 0 Å². The zero-order chi connectivity index (χ0) is 16.9. The van der Waals surface area contributed by atoms with Gasteiger partial charge in [0.1, 0.15) is 0 Å². The highest BCUT2D eigenvalue weighted by Gasteiger charge is 2.31. The van der Waals surface area contributed by atoms with Crippen LogP contribution in [-0.4, -0.2) is 0 Å². The number of hydrogen-bond acceptors (Lipinski definition) is 0. The standard InChI is InChI=1S/C24H24/c1-16-10-12-19-20-13-11-18(24(2,3)4)15-22(20)23(21(19)14-16)17-8-6-5-7-9-17/h5-15,23H,1-4H3. The molecule has 0 heterocycles. The molecule has 0 fully saturated rings. The minimum Gasteiger partial charge on any atom is -0.0622 e. The third-order valence-corrected chi connectivity index (χ3v) is 5.17. The number of aryl methyl sites for hydroxylation is 1. The first-order valence-corrected chi connectivity index (χ1v) is 8.75. The Morgan fingerprint density at radius 1 is 0.708 bits per heavy atom. The van der Waals surface area contributed by atoms with Crippen molar-refractivity contribution in [3.8, 4) is 11.1 Å². The maximum Gasteiger partial charge on any atom is 0.0352 e. The highest BCUT2D eigenvalue weighted by atomic mass is 14.3. The molecule has 0 aromatic heterocycles. The fourth-order valence-electron chi connectivity index (χ4n) is 3.85. The van der Waals surface area contributed by atoms with E-state index in [4.69, 9.17) is 0 Å². The number of benzene rings is 3. The van der Waals surface area contributed by atoms with Crippen LogP contribution >= 0.6 is 0 Å². The van der Waals surface area contributed by atoms with Gasteiger partial charge in [-0.15, -0.1) is 0 Å². The van der Waals surface area contributed by atoms with Crippen molar-refractivity contribution in [2.75, 3.05) is 0 Å². The molecule has 0 spiro atoms. The lowest BCUT2D eigenvalue weighted by Crippen LogP contribution is -2.11. The van der Waals surface area contributed by atoms with Crippen molar-refractivity contribution in [2.45, 2.75) is 39.0 Å². The third kappa shape index (κ3) is 2.38. The smallest absolute Gasteiger partial charge is 0.0352 e. The van der Waals surface area contributed by atoms with E-state index in [1.165, 1.54) is 38.9 Å². The first kappa shape index (κ1) is 15.2. The van der Waals surface area contributed by atoms with Crippen LogP contribution in [0.25, 0.3) is 11.1 Å². The monoisotopic (exact) mass is 312 g/mol. The Hall–Kier alpha value is -2.34. The molecule has 24 heavy (non-hydrogen) atoms. The van der Waals surface area contributed by atoms with Gasteiger partial charge >= 0.3 is 0 Å². The Morgan fingerprint density at radius 2 is 1.33 bits per heavy atom. The lowest BCUT2D eigenvalue weighted by atomic mass is 9.82. The average Bonchev–Trinajstić information content (AvgIpc) is 2.87. The largest absolute Gasteiger partial charge is 0.0622 e. The highest BCUT2D eigenvalue weighted by molar-refractivity contribution is 5.81. The van der Waals surface area contributed by atoms with Crippen molar-refractivity contribution in [1.29, 1.82) is 0 Å². The fraction of sp³-hybridized carbons (Fsp3) is 0.250. The second-order valence-corrected chi connectivity index (χ2v) is 7.99. The van der Waals surface area contributed by atoms with Crippen molar-refractivity contribution in [1.82, 2.24) is 0 Å². The SMILES string of the molecule is Cc1ccc2c(c1)C(c1ccccc1)c1cc(C(C)(C)C)ccc1-2. The van der Waals surface area contributed by atoms with E-state index >= 15 is 0 Å². The zero-order valence-electron chi connectivity index (χ0n) is 14.9. The molecule has 1 atom stereocenters. The van der Waals surface area contributed by atoms with Gasteiger partial charge in [-0.05, 0) is 45.7 Å². The van der Waals surface area contributed by atoms with Crippen molar-refractivity contribution in [2.24, 2.45) is 0 Å². The lowest BCUT2D eigenvalue weighted by molar-refractivity contribution is 0.589. The van der Waals surface area contributed by atoms with Gasteiger partial charge in [0.2, 0.25) is 0 Å². The summed E-state index contributed by atoms with van der Waals surface area (Å²) in [6.45, 7) is 9.06. The summed E-state index contributed by atoms with van der Waals surface area (Å²) in [5.74, 6) is 0.346. The summed E-state index contributed by atoms with van der Waals surface area (Å²) in [5.41, 5.74) is 9.98. The van der Waals surface area contributed by atoms with Gasteiger partial charge in [-0.2, -0.15) is 0 Å². The van der Waals surface area contributed by atoms with Crippen LogP contribution in [0, 0.1) is 6.92 Å². The predicted octanol–water partition coefficient (Wildman–Crippen LogP) is 6.45. The van der Waals surface area contributed by atoms with E-state index in [2.05, 4.69) is 94.4 Å². The first-order chi connectivity index (χ1) is 11.4. The van der Waals surface area contributed by atoms with Crippen LogP contribution in [0.1, 0.15) is 54.5 Å². The molecule has 3 aromatic carbocycles. The van der Waals surface area contributed by atoms with Gasteiger partial charge in [0, 0.05) is 5.92 Å². The molecule has 1 unspecified atom stereocenters. The summed E-state index contributed by atoms with van der Waals surface area (Å²) < 4.78 is 0. The van der Waals surface area contributed by atoms with Crippen LogP contribution in [0.5, 0.6) is 0 Å². The maximum absolute atomic E-state index is 2.43. The lowest BCUT2D eigenvalue weighted by Gasteiger charge is -2.22. The molecule has 0 saturated heterocycles. The zero-order valence-corrected chi connectivity index (χ0v) is 14.9. The van der Waals surface area contributed by atoms with Crippen LogP contribution in [-0.2, 0) is 5.41 Å². The van der Waals surface area contributed by atoms with Crippen LogP contribution in [0.2, 0.25) is 0 Å². The van der Waals surface area contributed by atoms with E-state index in [-0.39, 0.29) is 5.41 Å².